The number of thiophene rings is 1. The van der Waals surface area contributed by atoms with Crippen LogP contribution >= 0.6 is 27.3 Å². The molecule has 164 valence electrons. The molecule has 2 aromatic carbocycles. The van der Waals surface area contributed by atoms with E-state index in [0.29, 0.717) is 11.1 Å². The van der Waals surface area contributed by atoms with Gasteiger partial charge in [-0.15, -0.1) is 11.3 Å². The normalized spacial score (nSPS) is 10.4. The van der Waals surface area contributed by atoms with Crippen molar-refractivity contribution in [2.45, 2.75) is 6.92 Å². The first kappa shape index (κ1) is 23.0. The second kappa shape index (κ2) is 9.66. The van der Waals surface area contributed by atoms with Crippen LogP contribution in [0.25, 0.3) is 11.1 Å². The van der Waals surface area contributed by atoms with Gasteiger partial charge in [0.05, 0.1) is 28.1 Å². The van der Waals surface area contributed by atoms with Gasteiger partial charge in [0.2, 0.25) is 0 Å². The number of hydrogen-bond donors (Lipinski definition) is 1. The van der Waals surface area contributed by atoms with Gasteiger partial charge in [0.15, 0.2) is 0 Å². The van der Waals surface area contributed by atoms with Crippen LogP contribution in [-0.4, -0.2) is 28.3 Å². The fraction of sp³-hybridized carbons (Fsp3) is 0.100. The third-order valence-electron chi connectivity index (χ3n) is 4.24. The maximum atomic E-state index is 12.8. The van der Waals surface area contributed by atoms with Gasteiger partial charge < -0.3 is 10.1 Å². The van der Waals surface area contributed by atoms with Crippen LogP contribution < -0.4 is 5.32 Å². The summed E-state index contributed by atoms with van der Waals surface area (Å²) in [6.45, 7) is 1.75. The van der Waals surface area contributed by atoms with E-state index in [2.05, 4.69) is 21.2 Å². The number of nitrogens with zero attached hydrogens (tertiary/aromatic N) is 2. The maximum absolute atomic E-state index is 12.8. The summed E-state index contributed by atoms with van der Waals surface area (Å²) in [6, 6.07) is 9.77. The topological polar surface area (TPSA) is 142 Å². The van der Waals surface area contributed by atoms with Crippen molar-refractivity contribution in [2.24, 2.45) is 0 Å². The quantitative estimate of drug-likeness (QED) is 0.249. The lowest BCUT2D eigenvalue weighted by atomic mass is 10.0. The van der Waals surface area contributed by atoms with Crippen LogP contribution in [0.2, 0.25) is 0 Å². The van der Waals surface area contributed by atoms with Crippen molar-refractivity contribution in [2.75, 3.05) is 11.9 Å². The maximum Gasteiger partial charge on any atom is 0.341 e. The highest BCUT2D eigenvalue weighted by Crippen LogP contribution is 2.37. The zero-order valence-corrected chi connectivity index (χ0v) is 18.8. The Kier molecular flexibility index (Phi) is 6.95. The molecule has 0 radical (unpaired) electrons. The van der Waals surface area contributed by atoms with E-state index in [4.69, 9.17) is 4.74 Å². The molecule has 0 bridgehead atoms. The average molecular weight is 520 g/mol. The minimum absolute atomic E-state index is 0.110. The predicted molar refractivity (Wildman–Crippen MR) is 121 cm³/mol. The molecule has 32 heavy (non-hydrogen) atoms. The Bertz CT molecular complexity index is 1190. The Labute approximate surface area is 193 Å². The SMILES string of the molecule is CCOC(=O)c1c(-c2ccc(Br)cc2)csc1NC(=O)c1cc([N+](=O)[O-])cc([N+](=O)[O-])c1. The summed E-state index contributed by atoms with van der Waals surface area (Å²) in [5, 5.41) is 26.5. The molecule has 3 rings (SSSR count). The smallest absolute Gasteiger partial charge is 0.341 e. The van der Waals surface area contributed by atoms with Crippen LogP contribution in [0.3, 0.4) is 0 Å². The Balaban J connectivity index is 2.02. The van der Waals surface area contributed by atoms with Crippen LogP contribution in [0, 0.1) is 20.2 Å². The zero-order chi connectivity index (χ0) is 23.4. The molecule has 0 saturated heterocycles. The van der Waals surface area contributed by atoms with Gasteiger partial charge in [-0.25, -0.2) is 4.79 Å². The summed E-state index contributed by atoms with van der Waals surface area (Å²) in [7, 11) is 0. The lowest BCUT2D eigenvalue weighted by Gasteiger charge is -2.09. The van der Waals surface area contributed by atoms with E-state index in [1.165, 1.54) is 0 Å². The largest absolute Gasteiger partial charge is 0.462 e. The van der Waals surface area contributed by atoms with E-state index in [1.54, 1.807) is 36.6 Å². The molecule has 0 fully saturated rings. The van der Waals surface area contributed by atoms with Crippen LogP contribution in [0.1, 0.15) is 27.6 Å². The molecule has 0 atom stereocenters. The number of rotatable bonds is 7. The second-order valence-electron chi connectivity index (χ2n) is 6.29. The first-order chi connectivity index (χ1) is 15.2. The Hall–Kier alpha value is -3.64. The lowest BCUT2D eigenvalue weighted by molar-refractivity contribution is -0.394. The Morgan fingerprint density at radius 2 is 1.66 bits per heavy atom. The molecule has 0 spiro atoms. The number of non-ortho nitro benzene ring substituents is 2. The van der Waals surface area contributed by atoms with Crippen molar-refractivity contribution in [3.63, 3.8) is 0 Å². The van der Waals surface area contributed by atoms with Gasteiger partial charge in [-0.05, 0) is 24.6 Å². The first-order valence-electron chi connectivity index (χ1n) is 9.01. The van der Waals surface area contributed by atoms with Crippen molar-refractivity contribution in [1.29, 1.82) is 0 Å². The molecule has 3 aromatic rings. The number of nitro benzene ring substituents is 2. The third kappa shape index (κ3) is 4.98. The van der Waals surface area contributed by atoms with Crippen molar-refractivity contribution in [3.05, 3.63) is 83.7 Å². The van der Waals surface area contributed by atoms with Gasteiger partial charge in [0.1, 0.15) is 10.6 Å². The molecular weight excluding hydrogens is 506 g/mol. The number of nitrogens with one attached hydrogen (secondary N) is 1. The zero-order valence-electron chi connectivity index (χ0n) is 16.4. The number of anilines is 1. The Morgan fingerprint density at radius 1 is 1.06 bits per heavy atom. The van der Waals surface area contributed by atoms with Crippen molar-refractivity contribution < 1.29 is 24.2 Å². The summed E-state index contributed by atoms with van der Waals surface area (Å²) in [5.74, 6) is -1.50. The molecule has 0 aliphatic rings. The number of carbonyl (C=O) groups is 2. The van der Waals surface area contributed by atoms with Gasteiger partial charge in [-0.3, -0.25) is 25.0 Å². The van der Waals surface area contributed by atoms with Crippen LogP contribution in [0.5, 0.6) is 0 Å². The van der Waals surface area contributed by atoms with Crippen LogP contribution in [0.15, 0.2) is 52.3 Å². The summed E-state index contributed by atoms with van der Waals surface area (Å²) < 4.78 is 5.97. The van der Waals surface area contributed by atoms with E-state index in [0.717, 1.165) is 34.0 Å². The molecule has 0 aliphatic carbocycles. The van der Waals surface area contributed by atoms with Gasteiger partial charge in [0.25, 0.3) is 17.3 Å². The molecule has 1 amide bonds. The molecule has 0 aliphatic heterocycles. The summed E-state index contributed by atoms with van der Waals surface area (Å²) in [5.41, 5.74) is -0.139. The standard InChI is InChI=1S/C20H14BrN3O7S/c1-2-31-20(26)17-16(11-3-5-13(21)6-4-11)10-32-19(17)22-18(25)12-7-14(23(27)28)9-15(8-12)24(29)30/h3-10H,2H2,1H3,(H,22,25). The highest BCUT2D eigenvalue weighted by molar-refractivity contribution is 9.10. The summed E-state index contributed by atoms with van der Waals surface area (Å²) >= 11 is 4.41. The number of halogens is 1. The van der Waals surface area contributed by atoms with Crippen LogP contribution in [-0.2, 0) is 4.74 Å². The number of ether oxygens (including phenoxy) is 1. The van der Waals surface area contributed by atoms with E-state index in [1.807, 2.05) is 0 Å². The van der Waals surface area contributed by atoms with Gasteiger partial charge >= 0.3 is 5.97 Å². The molecule has 1 N–H and O–H groups in total. The third-order valence-corrected chi connectivity index (χ3v) is 5.66. The minimum atomic E-state index is -0.841. The molecule has 1 aromatic heterocycles. The molecule has 0 saturated carbocycles. The molecular formula is C20H14BrN3O7S. The number of amides is 1. The van der Waals surface area contributed by atoms with Gasteiger partial charge in [-0.2, -0.15) is 0 Å². The van der Waals surface area contributed by atoms with Crippen LogP contribution in [0.4, 0.5) is 16.4 Å². The van der Waals surface area contributed by atoms with E-state index in [9.17, 15) is 29.8 Å². The lowest BCUT2D eigenvalue weighted by Crippen LogP contribution is -2.15. The monoisotopic (exact) mass is 519 g/mol. The fourth-order valence-electron chi connectivity index (χ4n) is 2.81. The van der Waals surface area contributed by atoms with Gasteiger partial charge in [-0.1, -0.05) is 28.1 Å². The van der Waals surface area contributed by atoms with E-state index >= 15 is 0 Å². The second-order valence-corrected chi connectivity index (χ2v) is 8.08. The summed E-state index contributed by atoms with van der Waals surface area (Å²) in [4.78, 5) is 46.0. The highest BCUT2D eigenvalue weighted by atomic mass is 79.9. The van der Waals surface area contributed by atoms with Crippen molar-refractivity contribution in [3.8, 4) is 11.1 Å². The molecule has 10 nitrogen and oxygen atoms in total. The Morgan fingerprint density at radius 3 is 2.19 bits per heavy atom. The number of benzene rings is 2. The fourth-order valence-corrected chi connectivity index (χ4v) is 4.03. The summed E-state index contributed by atoms with van der Waals surface area (Å²) in [6.07, 6.45) is 0. The molecule has 12 heteroatoms. The van der Waals surface area contributed by atoms with E-state index < -0.39 is 33.1 Å². The number of nitro groups is 2. The average Bonchev–Trinajstić information content (AvgIpc) is 3.17. The highest BCUT2D eigenvalue weighted by Gasteiger charge is 2.25. The molecule has 1 heterocycles. The van der Waals surface area contributed by atoms with Gasteiger partial charge in [0, 0.05) is 27.5 Å². The number of hydrogen-bond acceptors (Lipinski definition) is 8. The predicted octanol–water partition coefficient (Wildman–Crippen LogP) is 5.42. The molecule has 0 unspecified atom stereocenters. The number of esters is 1. The minimum Gasteiger partial charge on any atom is -0.462 e. The first-order valence-corrected chi connectivity index (χ1v) is 10.7. The van der Waals surface area contributed by atoms with Crippen molar-refractivity contribution >= 4 is 55.5 Å². The van der Waals surface area contributed by atoms with Crippen molar-refractivity contribution in [1.82, 2.24) is 0 Å². The van der Waals surface area contributed by atoms with E-state index in [-0.39, 0.29) is 22.7 Å². The number of carbonyl (C=O) groups excluding carboxylic acids is 2.